The fraction of sp³-hybridized carbons (Fsp3) is 0.375. The molecule has 0 bridgehead atoms. The first-order chi connectivity index (χ1) is 14.7. The van der Waals surface area contributed by atoms with E-state index in [2.05, 4.69) is 47.1 Å². The van der Waals surface area contributed by atoms with E-state index in [1.165, 1.54) is 10.9 Å². The third kappa shape index (κ3) is 2.52. The molecule has 0 saturated carbocycles. The average molecular weight is 403 g/mol. The first-order valence-electron chi connectivity index (χ1n) is 10.8. The van der Waals surface area contributed by atoms with Gasteiger partial charge < -0.3 is 24.3 Å². The van der Waals surface area contributed by atoms with Gasteiger partial charge in [0.1, 0.15) is 0 Å². The average Bonchev–Trinajstić information content (AvgIpc) is 3.46. The van der Waals surface area contributed by atoms with Crippen LogP contribution in [0, 0.1) is 0 Å². The first kappa shape index (κ1) is 17.7. The van der Waals surface area contributed by atoms with Gasteiger partial charge in [-0.05, 0) is 42.2 Å². The van der Waals surface area contributed by atoms with Crippen LogP contribution in [0.25, 0.3) is 10.9 Å². The van der Waals surface area contributed by atoms with Crippen molar-refractivity contribution in [2.75, 3.05) is 19.9 Å². The van der Waals surface area contributed by atoms with Gasteiger partial charge >= 0.3 is 6.03 Å². The highest BCUT2D eigenvalue weighted by molar-refractivity contribution is 5.87. The first-order valence-corrected chi connectivity index (χ1v) is 10.8. The number of carbonyl (C=O) groups excluding carboxylic acids is 1. The molecule has 1 saturated heterocycles. The molecule has 6 heteroatoms. The van der Waals surface area contributed by atoms with Gasteiger partial charge in [-0.15, -0.1) is 0 Å². The summed E-state index contributed by atoms with van der Waals surface area (Å²) in [5.74, 6) is 1.52. The molecular formula is C24H25N3O3. The smallest absolute Gasteiger partial charge is 0.321 e. The number of amides is 2. The third-order valence-corrected chi connectivity index (χ3v) is 6.65. The topological polar surface area (TPSA) is 57.8 Å². The molecule has 1 N–H and O–H groups in total. The van der Waals surface area contributed by atoms with Crippen LogP contribution in [0.4, 0.5) is 4.79 Å². The summed E-state index contributed by atoms with van der Waals surface area (Å²) in [5.41, 5.74) is 4.64. The van der Waals surface area contributed by atoms with E-state index in [1.54, 1.807) is 0 Å². The normalized spacial score (nSPS) is 22.0. The van der Waals surface area contributed by atoms with Gasteiger partial charge in [0.2, 0.25) is 6.79 Å². The second-order valence-corrected chi connectivity index (χ2v) is 8.43. The molecule has 2 unspecified atom stereocenters. The number of urea groups is 1. The summed E-state index contributed by atoms with van der Waals surface area (Å²) in [6.07, 6.45) is 3.01. The highest BCUT2D eigenvalue weighted by Gasteiger charge is 2.47. The molecule has 4 heterocycles. The van der Waals surface area contributed by atoms with E-state index in [0.717, 1.165) is 60.6 Å². The number of H-pyrrole nitrogens is 1. The van der Waals surface area contributed by atoms with Crippen molar-refractivity contribution in [1.29, 1.82) is 0 Å². The van der Waals surface area contributed by atoms with Crippen molar-refractivity contribution in [2.45, 2.75) is 38.3 Å². The minimum absolute atomic E-state index is 0.139. The Bertz CT molecular complexity index is 1140. The number of hydrogen-bond acceptors (Lipinski definition) is 3. The molecule has 2 amide bonds. The molecule has 3 aliphatic rings. The molecule has 1 aromatic heterocycles. The maximum Gasteiger partial charge on any atom is 0.321 e. The van der Waals surface area contributed by atoms with Crippen molar-refractivity contribution in [3.8, 4) is 11.5 Å². The van der Waals surface area contributed by atoms with Crippen LogP contribution in [0.5, 0.6) is 11.5 Å². The number of benzene rings is 2. The number of hydrogen-bond donors (Lipinski definition) is 1. The lowest BCUT2D eigenvalue weighted by molar-refractivity contribution is 0.167. The molecule has 154 valence electrons. The van der Waals surface area contributed by atoms with Crippen molar-refractivity contribution >= 4 is 16.9 Å². The lowest BCUT2D eigenvalue weighted by atomic mass is 9.89. The Hall–Kier alpha value is -3.15. The molecule has 3 aromatic rings. The Morgan fingerprint density at radius 2 is 2.00 bits per heavy atom. The van der Waals surface area contributed by atoms with Crippen LogP contribution in [0.2, 0.25) is 0 Å². The SMILES string of the molecule is CCCCN1CC2Cc3c([nH]c4ccccc34)C(c3ccc4c(c3)OCO4)N2C1=O. The van der Waals surface area contributed by atoms with Crippen molar-refractivity contribution < 1.29 is 14.3 Å². The number of carbonyl (C=O) groups is 1. The summed E-state index contributed by atoms with van der Waals surface area (Å²) < 4.78 is 11.2. The summed E-state index contributed by atoms with van der Waals surface area (Å²) in [6, 6.07) is 14.7. The van der Waals surface area contributed by atoms with E-state index in [4.69, 9.17) is 9.47 Å². The zero-order valence-electron chi connectivity index (χ0n) is 17.1. The monoisotopic (exact) mass is 403 g/mol. The molecule has 2 atom stereocenters. The molecule has 30 heavy (non-hydrogen) atoms. The van der Waals surface area contributed by atoms with Crippen LogP contribution in [0.1, 0.15) is 42.6 Å². The number of para-hydroxylation sites is 1. The van der Waals surface area contributed by atoms with Crippen LogP contribution in [0.15, 0.2) is 42.5 Å². The Morgan fingerprint density at radius 1 is 1.13 bits per heavy atom. The van der Waals surface area contributed by atoms with E-state index >= 15 is 0 Å². The van der Waals surface area contributed by atoms with E-state index in [-0.39, 0.29) is 24.9 Å². The lowest BCUT2D eigenvalue weighted by Crippen LogP contribution is -2.43. The van der Waals surface area contributed by atoms with Crippen LogP contribution < -0.4 is 9.47 Å². The number of unbranched alkanes of at least 4 members (excludes halogenated alkanes) is 1. The molecule has 3 aliphatic heterocycles. The molecule has 0 spiro atoms. The molecule has 0 radical (unpaired) electrons. The summed E-state index contributed by atoms with van der Waals surface area (Å²) in [4.78, 5) is 21.2. The van der Waals surface area contributed by atoms with Crippen LogP contribution >= 0.6 is 0 Å². The molecular weight excluding hydrogens is 378 g/mol. The van der Waals surface area contributed by atoms with Crippen molar-refractivity contribution in [3.63, 3.8) is 0 Å². The molecule has 1 fully saturated rings. The number of fused-ring (bicyclic) bond motifs is 5. The fourth-order valence-corrected chi connectivity index (χ4v) is 5.22. The largest absolute Gasteiger partial charge is 0.454 e. The summed E-state index contributed by atoms with van der Waals surface area (Å²) >= 11 is 0. The third-order valence-electron chi connectivity index (χ3n) is 6.65. The minimum Gasteiger partial charge on any atom is -0.454 e. The number of aromatic nitrogens is 1. The Morgan fingerprint density at radius 3 is 2.90 bits per heavy atom. The lowest BCUT2D eigenvalue weighted by Gasteiger charge is -2.37. The van der Waals surface area contributed by atoms with Gasteiger partial charge in [0.15, 0.2) is 11.5 Å². The zero-order chi connectivity index (χ0) is 20.2. The highest BCUT2D eigenvalue weighted by atomic mass is 16.7. The second-order valence-electron chi connectivity index (χ2n) is 8.43. The second kappa shape index (κ2) is 6.69. The van der Waals surface area contributed by atoms with Crippen LogP contribution in [0.3, 0.4) is 0 Å². The van der Waals surface area contributed by atoms with Gasteiger partial charge in [0, 0.05) is 29.7 Å². The van der Waals surface area contributed by atoms with E-state index in [1.807, 2.05) is 17.0 Å². The molecule has 0 aliphatic carbocycles. The number of rotatable bonds is 4. The Labute approximate surface area is 175 Å². The summed E-state index contributed by atoms with van der Waals surface area (Å²) in [6.45, 7) is 4.03. The number of nitrogens with one attached hydrogen (secondary N) is 1. The maximum absolute atomic E-state index is 13.5. The van der Waals surface area contributed by atoms with Gasteiger partial charge in [-0.3, -0.25) is 0 Å². The summed E-state index contributed by atoms with van der Waals surface area (Å²) in [5, 5.41) is 1.26. The van der Waals surface area contributed by atoms with E-state index < -0.39 is 0 Å². The van der Waals surface area contributed by atoms with Gasteiger partial charge in [0.05, 0.1) is 12.1 Å². The van der Waals surface area contributed by atoms with Crippen LogP contribution in [-0.2, 0) is 6.42 Å². The highest BCUT2D eigenvalue weighted by Crippen LogP contribution is 2.45. The van der Waals surface area contributed by atoms with E-state index in [0.29, 0.717) is 0 Å². The van der Waals surface area contributed by atoms with Gasteiger partial charge in [-0.25, -0.2) is 4.79 Å². The van der Waals surface area contributed by atoms with Crippen molar-refractivity contribution in [2.24, 2.45) is 0 Å². The van der Waals surface area contributed by atoms with Crippen LogP contribution in [-0.4, -0.2) is 46.7 Å². The van der Waals surface area contributed by atoms with E-state index in [9.17, 15) is 4.79 Å². The number of ether oxygens (including phenoxy) is 2. The van der Waals surface area contributed by atoms with Crippen molar-refractivity contribution in [1.82, 2.24) is 14.8 Å². The number of nitrogens with zero attached hydrogens (tertiary/aromatic N) is 2. The summed E-state index contributed by atoms with van der Waals surface area (Å²) in [7, 11) is 0. The van der Waals surface area contributed by atoms with Gasteiger partial charge in [0.25, 0.3) is 0 Å². The maximum atomic E-state index is 13.5. The fourth-order valence-electron chi connectivity index (χ4n) is 5.22. The van der Waals surface area contributed by atoms with Gasteiger partial charge in [-0.1, -0.05) is 37.6 Å². The predicted molar refractivity (Wildman–Crippen MR) is 114 cm³/mol. The van der Waals surface area contributed by atoms with Gasteiger partial charge in [-0.2, -0.15) is 0 Å². The van der Waals surface area contributed by atoms with Crippen molar-refractivity contribution in [3.05, 3.63) is 59.3 Å². The number of aromatic amines is 1. The Balaban J connectivity index is 1.49. The minimum atomic E-state index is -0.153. The molecule has 6 nitrogen and oxygen atoms in total. The standard InChI is InChI=1S/C24H25N3O3/c1-2-3-10-26-13-16-12-18-17-6-4-5-7-19(17)25-22(18)23(27(16)24(26)28)15-8-9-20-21(11-15)30-14-29-20/h4-9,11,16,23,25H,2-3,10,12-14H2,1H3. The molecule has 2 aromatic carbocycles. The zero-order valence-corrected chi connectivity index (χ0v) is 17.1. The molecule has 6 rings (SSSR count). The predicted octanol–water partition coefficient (Wildman–Crippen LogP) is 4.45. The Kier molecular flexibility index (Phi) is 3.94. The quantitative estimate of drug-likeness (QED) is 0.700.